The third-order valence-corrected chi connectivity index (χ3v) is 4.98. The third-order valence-electron chi connectivity index (χ3n) is 4.98. The Kier molecular flexibility index (Phi) is 6.24. The molecule has 1 saturated heterocycles. The Morgan fingerprint density at radius 1 is 1.04 bits per heavy atom. The summed E-state index contributed by atoms with van der Waals surface area (Å²) >= 11 is 0. The van der Waals surface area contributed by atoms with E-state index in [1.165, 1.54) is 24.8 Å². The molecule has 1 heterocycles. The van der Waals surface area contributed by atoms with Gasteiger partial charge in [0.05, 0.1) is 18.7 Å². The first-order valence-corrected chi connectivity index (χ1v) is 9.14. The zero-order valence-electron chi connectivity index (χ0n) is 15.7. The minimum Gasteiger partial charge on any atom is -0.453 e. The van der Waals surface area contributed by atoms with Gasteiger partial charge in [-0.15, -0.1) is 0 Å². The highest BCUT2D eigenvalue weighted by molar-refractivity contribution is 5.68. The summed E-state index contributed by atoms with van der Waals surface area (Å²) < 4.78 is 43.2. The van der Waals surface area contributed by atoms with E-state index in [1.54, 1.807) is 4.90 Å². The summed E-state index contributed by atoms with van der Waals surface area (Å²) in [5.41, 5.74) is 1.27. The van der Waals surface area contributed by atoms with Gasteiger partial charge in [-0.05, 0) is 29.7 Å². The summed E-state index contributed by atoms with van der Waals surface area (Å²) in [7, 11) is 1.34. The van der Waals surface area contributed by atoms with Gasteiger partial charge in [0.1, 0.15) is 0 Å². The molecule has 2 aromatic carbocycles. The molecule has 150 valence electrons. The summed E-state index contributed by atoms with van der Waals surface area (Å²) in [4.78, 5) is 16.1. The summed E-state index contributed by atoms with van der Waals surface area (Å²) in [6, 6.07) is 15.0. The van der Waals surface area contributed by atoms with E-state index in [9.17, 15) is 18.0 Å². The molecule has 0 aliphatic carbocycles. The molecule has 0 aromatic heterocycles. The molecule has 0 spiro atoms. The van der Waals surface area contributed by atoms with Gasteiger partial charge in [0.15, 0.2) is 0 Å². The summed E-state index contributed by atoms with van der Waals surface area (Å²) in [6.45, 7) is 2.63. The van der Waals surface area contributed by atoms with Gasteiger partial charge in [0.25, 0.3) is 0 Å². The number of carbonyl (C=O) groups is 1. The lowest BCUT2D eigenvalue weighted by molar-refractivity contribution is -0.137. The van der Waals surface area contributed by atoms with Gasteiger partial charge in [-0.2, -0.15) is 13.2 Å². The minimum absolute atomic E-state index is 0.165. The molecule has 0 bridgehead atoms. The van der Waals surface area contributed by atoms with Crippen LogP contribution in [0.4, 0.5) is 18.0 Å². The first-order chi connectivity index (χ1) is 13.4. The lowest BCUT2D eigenvalue weighted by Crippen LogP contribution is -2.55. The summed E-state index contributed by atoms with van der Waals surface area (Å²) in [6.07, 6.45) is -4.29. The lowest BCUT2D eigenvalue weighted by Gasteiger charge is -2.40. The number of piperazine rings is 1. The predicted octanol–water partition coefficient (Wildman–Crippen LogP) is 4.20. The van der Waals surface area contributed by atoms with Crippen LogP contribution in [0.3, 0.4) is 0 Å². The normalized spacial score (nSPS) is 18.1. The van der Waals surface area contributed by atoms with Gasteiger partial charge in [-0.25, -0.2) is 4.79 Å². The van der Waals surface area contributed by atoms with Crippen molar-refractivity contribution in [3.05, 3.63) is 71.3 Å². The molecule has 7 heteroatoms. The number of halogens is 3. The monoisotopic (exact) mass is 392 g/mol. The number of carbonyl (C=O) groups excluding carboxylic acids is 1. The Labute approximate surface area is 162 Å². The number of hydrogen-bond acceptors (Lipinski definition) is 3. The standard InChI is InChI=1S/C21H23F3N2O2/c1-28-20(27)26-12-11-25(14-17-5-3-2-4-6-17)15-19(26)13-16-7-9-18(10-8-16)21(22,23)24/h2-10,19H,11-15H2,1H3. The number of nitrogens with zero attached hydrogens (tertiary/aromatic N) is 2. The van der Waals surface area contributed by atoms with Crippen molar-refractivity contribution in [1.29, 1.82) is 0 Å². The zero-order chi connectivity index (χ0) is 20.1. The molecule has 0 radical (unpaired) electrons. The van der Waals surface area contributed by atoms with Crippen molar-refractivity contribution in [2.45, 2.75) is 25.2 Å². The van der Waals surface area contributed by atoms with Crippen molar-refractivity contribution in [1.82, 2.24) is 9.80 Å². The van der Waals surface area contributed by atoms with Crippen LogP contribution in [0.1, 0.15) is 16.7 Å². The maximum absolute atomic E-state index is 12.8. The second-order valence-electron chi connectivity index (χ2n) is 6.94. The lowest BCUT2D eigenvalue weighted by atomic mass is 10.0. The SMILES string of the molecule is COC(=O)N1CCN(Cc2ccccc2)CC1Cc1ccc(C(F)(F)F)cc1. The van der Waals surface area contributed by atoms with Gasteiger partial charge in [-0.1, -0.05) is 42.5 Å². The number of alkyl halides is 3. The molecule has 0 saturated carbocycles. The third kappa shape index (κ3) is 5.04. The van der Waals surface area contributed by atoms with Crippen molar-refractivity contribution >= 4 is 6.09 Å². The van der Waals surface area contributed by atoms with Crippen molar-refractivity contribution < 1.29 is 22.7 Å². The van der Waals surface area contributed by atoms with Crippen molar-refractivity contribution in [3.63, 3.8) is 0 Å². The highest BCUT2D eigenvalue weighted by Crippen LogP contribution is 2.29. The number of benzene rings is 2. The summed E-state index contributed by atoms with van der Waals surface area (Å²) in [5, 5.41) is 0. The van der Waals surface area contributed by atoms with E-state index in [4.69, 9.17) is 4.74 Å². The molecule has 1 amide bonds. The molecular weight excluding hydrogens is 369 g/mol. The van der Waals surface area contributed by atoms with Crippen LogP contribution in [0.2, 0.25) is 0 Å². The predicted molar refractivity (Wildman–Crippen MR) is 99.8 cm³/mol. The molecule has 1 fully saturated rings. The smallest absolute Gasteiger partial charge is 0.416 e. The molecule has 4 nitrogen and oxygen atoms in total. The number of rotatable bonds is 4. The minimum atomic E-state index is -4.35. The zero-order valence-corrected chi connectivity index (χ0v) is 15.7. The quantitative estimate of drug-likeness (QED) is 0.782. The second-order valence-corrected chi connectivity index (χ2v) is 6.94. The molecule has 1 aliphatic heterocycles. The first kappa shape index (κ1) is 20.2. The van der Waals surface area contributed by atoms with Crippen LogP contribution in [0.5, 0.6) is 0 Å². The van der Waals surface area contributed by atoms with E-state index in [-0.39, 0.29) is 6.04 Å². The molecule has 1 unspecified atom stereocenters. The maximum atomic E-state index is 12.8. The van der Waals surface area contributed by atoms with Crippen LogP contribution in [-0.2, 0) is 23.9 Å². The van der Waals surface area contributed by atoms with E-state index in [0.717, 1.165) is 24.2 Å². The molecule has 3 rings (SSSR count). The van der Waals surface area contributed by atoms with Crippen molar-refractivity contribution in [2.75, 3.05) is 26.7 Å². The van der Waals surface area contributed by atoms with E-state index < -0.39 is 17.8 Å². The molecule has 1 aliphatic rings. The Morgan fingerprint density at radius 2 is 1.71 bits per heavy atom. The van der Waals surface area contributed by atoms with Crippen LogP contribution < -0.4 is 0 Å². The Morgan fingerprint density at radius 3 is 2.32 bits per heavy atom. The number of amides is 1. The Balaban J connectivity index is 1.72. The fourth-order valence-corrected chi connectivity index (χ4v) is 3.54. The van der Waals surface area contributed by atoms with E-state index >= 15 is 0 Å². The number of ether oxygens (including phenoxy) is 1. The fraction of sp³-hybridized carbons (Fsp3) is 0.381. The number of methoxy groups -OCH3 is 1. The average molecular weight is 392 g/mol. The topological polar surface area (TPSA) is 32.8 Å². The molecule has 2 aromatic rings. The van der Waals surface area contributed by atoms with Gasteiger partial charge in [-0.3, -0.25) is 4.90 Å². The molecule has 1 atom stereocenters. The Bertz CT molecular complexity index is 778. The highest BCUT2D eigenvalue weighted by atomic mass is 19.4. The number of hydrogen-bond donors (Lipinski definition) is 0. The van der Waals surface area contributed by atoms with Gasteiger partial charge in [0.2, 0.25) is 0 Å². The van der Waals surface area contributed by atoms with Crippen LogP contribution in [-0.4, -0.2) is 48.7 Å². The van der Waals surface area contributed by atoms with E-state index in [0.29, 0.717) is 26.1 Å². The van der Waals surface area contributed by atoms with Crippen LogP contribution in [0.15, 0.2) is 54.6 Å². The highest BCUT2D eigenvalue weighted by Gasteiger charge is 2.32. The first-order valence-electron chi connectivity index (χ1n) is 9.14. The molecular formula is C21H23F3N2O2. The largest absolute Gasteiger partial charge is 0.453 e. The van der Waals surface area contributed by atoms with Crippen LogP contribution in [0.25, 0.3) is 0 Å². The van der Waals surface area contributed by atoms with E-state index in [2.05, 4.69) is 17.0 Å². The summed E-state index contributed by atoms with van der Waals surface area (Å²) in [5.74, 6) is 0. The molecule has 0 N–H and O–H groups in total. The van der Waals surface area contributed by atoms with Gasteiger partial charge >= 0.3 is 12.3 Å². The molecule has 28 heavy (non-hydrogen) atoms. The van der Waals surface area contributed by atoms with E-state index in [1.807, 2.05) is 18.2 Å². The van der Waals surface area contributed by atoms with Crippen LogP contribution in [0, 0.1) is 0 Å². The fourth-order valence-electron chi connectivity index (χ4n) is 3.54. The van der Waals surface area contributed by atoms with Crippen molar-refractivity contribution in [3.8, 4) is 0 Å². The van der Waals surface area contributed by atoms with Gasteiger partial charge in [0, 0.05) is 26.2 Å². The van der Waals surface area contributed by atoms with Crippen LogP contribution >= 0.6 is 0 Å². The van der Waals surface area contributed by atoms with Crippen molar-refractivity contribution in [2.24, 2.45) is 0 Å². The second kappa shape index (κ2) is 8.65. The average Bonchev–Trinajstić information content (AvgIpc) is 2.68. The maximum Gasteiger partial charge on any atom is 0.416 e. The Hall–Kier alpha value is -2.54. The van der Waals surface area contributed by atoms with Gasteiger partial charge < -0.3 is 9.64 Å².